The first-order chi connectivity index (χ1) is 12.2. The van der Waals surface area contributed by atoms with Crippen LogP contribution in [0, 0.1) is 0 Å². The molecule has 0 saturated carbocycles. The number of hydrogen-bond acceptors (Lipinski definition) is 6. The Hall–Kier alpha value is -1.42. The number of sulfonamides is 1. The van der Waals surface area contributed by atoms with Gasteiger partial charge in [0.1, 0.15) is 0 Å². The zero-order valence-corrected chi connectivity index (χ0v) is 16.8. The zero-order valence-electron chi connectivity index (χ0n) is 15.1. The van der Waals surface area contributed by atoms with Crippen molar-refractivity contribution in [1.29, 1.82) is 0 Å². The third kappa shape index (κ3) is 4.90. The Labute approximate surface area is 155 Å². The first-order valence-corrected chi connectivity index (χ1v) is 11.4. The molecule has 0 spiro atoms. The molecular formula is C15H21F3NO6PS. The van der Waals surface area contributed by atoms with E-state index in [1.165, 1.54) is 43.7 Å². The highest BCUT2D eigenvalue weighted by atomic mass is 32.2. The van der Waals surface area contributed by atoms with Gasteiger partial charge in [-0.05, 0) is 32.9 Å². The summed E-state index contributed by atoms with van der Waals surface area (Å²) in [5.74, 6) is -2.05. The van der Waals surface area contributed by atoms with E-state index in [0.29, 0.717) is 6.66 Å². The summed E-state index contributed by atoms with van der Waals surface area (Å²) in [5.41, 5.74) is 0. The molecule has 0 aliphatic rings. The van der Waals surface area contributed by atoms with E-state index in [4.69, 9.17) is 4.52 Å². The molecule has 27 heavy (non-hydrogen) atoms. The first-order valence-electron chi connectivity index (χ1n) is 7.80. The third-order valence-corrected chi connectivity index (χ3v) is 7.55. The van der Waals surface area contributed by atoms with E-state index in [0.717, 1.165) is 12.1 Å². The fraction of sp³-hybridized carbons (Fsp3) is 0.533. The largest absolute Gasteiger partial charge is 0.464 e. The van der Waals surface area contributed by atoms with Crippen LogP contribution >= 0.6 is 7.37 Å². The second-order valence-corrected chi connectivity index (χ2v) is 10.1. The lowest BCUT2D eigenvalue weighted by atomic mass is 10.3. The van der Waals surface area contributed by atoms with Gasteiger partial charge in [-0.25, -0.2) is 13.2 Å². The van der Waals surface area contributed by atoms with E-state index in [1.807, 2.05) is 0 Å². The van der Waals surface area contributed by atoms with E-state index < -0.39 is 52.4 Å². The smallest absolute Gasteiger partial charge is 0.427 e. The third-order valence-electron chi connectivity index (χ3n) is 3.34. The van der Waals surface area contributed by atoms with E-state index in [2.05, 4.69) is 4.74 Å². The molecule has 2 atom stereocenters. The van der Waals surface area contributed by atoms with Crippen molar-refractivity contribution in [3.8, 4) is 0 Å². The van der Waals surface area contributed by atoms with Crippen LogP contribution in [0.1, 0.15) is 20.8 Å². The monoisotopic (exact) mass is 431 g/mol. The quantitative estimate of drug-likeness (QED) is 0.502. The summed E-state index contributed by atoms with van der Waals surface area (Å²) in [6.07, 6.45) is -6.60. The lowest BCUT2D eigenvalue weighted by molar-refractivity contribution is -0.192. The van der Waals surface area contributed by atoms with Crippen LogP contribution in [0.25, 0.3) is 0 Å². The van der Waals surface area contributed by atoms with Crippen molar-refractivity contribution in [3.05, 3.63) is 30.3 Å². The lowest BCUT2D eigenvalue weighted by Crippen LogP contribution is -2.64. The van der Waals surface area contributed by atoms with E-state index in [1.54, 1.807) is 0 Å². The van der Waals surface area contributed by atoms with Crippen LogP contribution in [-0.4, -0.2) is 45.2 Å². The Morgan fingerprint density at radius 1 is 1.22 bits per heavy atom. The van der Waals surface area contributed by atoms with Crippen LogP contribution in [0.4, 0.5) is 13.2 Å². The van der Waals surface area contributed by atoms with Crippen molar-refractivity contribution in [1.82, 2.24) is 4.72 Å². The van der Waals surface area contributed by atoms with E-state index >= 15 is 0 Å². The van der Waals surface area contributed by atoms with Gasteiger partial charge in [-0.1, -0.05) is 18.2 Å². The Kier molecular flexibility index (Phi) is 7.26. The molecule has 1 N–H and O–H groups in total. The molecule has 1 rings (SSSR count). The van der Waals surface area contributed by atoms with Gasteiger partial charge >= 0.3 is 17.4 Å². The second-order valence-electron chi connectivity index (χ2n) is 5.85. The molecule has 0 unspecified atom stereocenters. The highest BCUT2D eigenvalue weighted by Gasteiger charge is 2.73. The number of carbonyl (C=O) groups excluding carboxylic acids is 1. The molecule has 7 nitrogen and oxygen atoms in total. The number of rotatable bonds is 8. The number of halogens is 3. The minimum atomic E-state index is -5.61. The maximum atomic E-state index is 14.1. The fourth-order valence-electron chi connectivity index (χ4n) is 2.26. The summed E-state index contributed by atoms with van der Waals surface area (Å²) in [6.45, 7) is 3.88. The summed E-state index contributed by atoms with van der Waals surface area (Å²) >= 11 is 0. The van der Waals surface area contributed by atoms with Crippen molar-refractivity contribution in [2.75, 3.05) is 13.3 Å². The number of nitrogens with one attached hydrogen (secondary N) is 1. The van der Waals surface area contributed by atoms with Gasteiger partial charge in [0.05, 0.1) is 17.6 Å². The fourth-order valence-corrected chi connectivity index (χ4v) is 6.33. The van der Waals surface area contributed by atoms with Gasteiger partial charge in [0.25, 0.3) is 0 Å². The first kappa shape index (κ1) is 23.6. The Morgan fingerprint density at radius 2 is 1.74 bits per heavy atom. The normalized spacial score (nSPS) is 17.2. The summed E-state index contributed by atoms with van der Waals surface area (Å²) in [7, 11) is -9.91. The SMILES string of the molecule is CCOC(=O)[C@](NS(=O)(=O)c1ccccc1)(C(F)(F)F)[P@@](C)(=O)OC(C)C. The number of alkyl halides is 3. The molecule has 0 aliphatic heterocycles. The second kappa shape index (κ2) is 8.30. The molecular weight excluding hydrogens is 410 g/mol. The van der Waals surface area contributed by atoms with Crippen molar-refractivity contribution < 1.29 is 40.2 Å². The highest BCUT2D eigenvalue weighted by Crippen LogP contribution is 2.62. The van der Waals surface area contributed by atoms with Crippen LogP contribution < -0.4 is 4.72 Å². The van der Waals surface area contributed by atoms with E-state index in [-0.39, 0.29) is 0 Å². The number of carbonyl (C=O) groups is 1. The molecule has 0 aromatic heterocycles. The standard InChI is InChI=1S/C15H21F3NO6PS/c1-5-24-13(20)14(15(16,17)18,26(4,21)25-11(2)3)19-27(22,23)12-9-7-6-8-10-12/h6-11,19H,5H2,1-4H3/t14-,26+/m1/s1. The molecule has 0 amide bonds. The topological polar surface area (TPSA) is 98.8 Å². The molecule has 1 aromatic carbocycles. The Morgan fingerprint density at radius 3 is 2.15 bits per heavy atom. The minimum absolute atomic E-state index is 0.495. The van der Waals surface area contributed by atoms with Gasteiger partial charge < -0.3 is 9.26 Å². The lowest BCUT2D eigenvalue weighted by Gasteiger charge is -2.38. The van der Waals surface area contributed by atoms with Crippen LogP contribution in [0.15, 0.2) is 35.2 Å². The molecule has 0 radical (unpaired) electrons. The van der Waals surface area contributed by atoms with Crippen molar-refractivity contribution in [2.45, 2.75) is 43.2 Å². The number of hydrogen-bond donors (Lipinski definition) is 1. The van der Waals surface area contributed by atoms with Gasteiger partial charge in [0.2, 0.25) is 17.4 Å². The average molecular weight is 431 g/mol. The molecule has 0 bridgehead atoms. The van der Waals surface area contributed by atoms with Gasteiger partial charge in [-0.2, -0.15) is 17.9 Å². The molecule has 0 fully saturated rings. The minimum Gasteiger partial charge on any atom is -0.464 e. The molecule has 0 heterocycles. The summed E-state index contributed by atoms with van der Waals surface area (Å²) in [5, 5.41) is -4.10. The number of benzene rings is 1. The average Bonchev–Trinajstić information content (AvgIpc) is 2.51. The van der Waals surface area contributed by atoms with Gasteiger partial charge in [0, 0.05) is 6.66 Å². The van der Waals surface area contributed by atoms with Crippen LogP contribution in [-0.2, 0) is 28.6 Å². The molecule has 1 aromatic rings. The Bertz CT molecular complexity index is 813. The summed E-state index contributed by atoms with van der Waals surface area (Å²) < 4.78 is 90.8. The Balaban J connectivity index is 3.71. The summed E-state index contributed by atoms with van der Waals surface area (Å²) in [6, 6.07) is 6.07. The molecule has 12 heteroatoms. The number of ether oxygens (including phenoxy) is 1. The van der Waals surface area contributed by atoms with Gasteiger partial charge in [0.15, 0.2) is 0 Å². The molecule has 154 valence electrons. The van der Waals surface area contributed by atoms with E-state index in [9.17, 15) is 30.9 Å². The predicted molar refractivity (Wildman–Crippen MR) is 91.9 cm³/mol. The predicted octanol–water partition coefficient (Wildman–Crippen LogP) is 3.12. The molecule has 0 aliphatic carbocycles. The number of esters is 1. The maximum Gasteiger partial charge on any atom is 0.427 e. The maximum absolute atomic E-state index is 14.1. The molecule has 0 saturated heterocycles. The van der Waals surface area contributed by atoms with Crippen LogP contribution in [0.5, 0.6) is 0 Å². The highest BCUT2D eigenvalue weighted by molar-refractivity contribution is 7.90. The van der Waals surface area contributed by atoms with Crippen LogP contribution in [0.2, 0.25) is 0 Å². The summed E-state index contributed by atoms with van der Waals surface area (Å²) in [4.78, 5) is 11.8. The van der Waals surface area contributed by atoms with Gasteiger partial charge in [-0.3, -0.25) is 4.57 Å². The van der Waals surface area contributed by atoms with Crippen molar-refractivity contribution in [2.24, 2.45) is 0 Å². The van der Waals surface area contributed by atoms with Crippen LogP contribution in [0.3, 0.4) is 0 Å². The van der Waals surface area contributed by atoms with Crippen molar-refractivity contribution >= 4 is 23.4 Å². The van der Waals surface area contributed by atoms with Gasteiger partial charge in [-0.15, -0.1) is 0 Å². The zero-order chi connectivity index (χ0) is 21.1. The van der Waals surface area contributed by atoms with Crippen molar-refractivity contribution in [3.63, 3.8) is 0 Å².